The molecule has 1 aromatic heterocycles. The topological polar surface area (TPSA) is 103 Å². The maximum absolute atomic E-state index is 13.2. The minimum atomic E-state index is -0.632. The van der Waals surface area contributed by atoms with Gasteiger partial charge < -0.3 is 24.8 Å². The SMILES string of the molecule is CCOC(=O)c1c(NC(=O)c2c(OC)cccc2OC)sc(C(=O)Nc2ccccc2)c1C. The Morgan fingerprint density at radius 2 is 1.48 bits per heavy atom. The monoisotopic (exact) mass is 468 g/mol. The molecule has 2 N–H and O–H groups in total. The third-order valence-electron chi connectivity index (χ3n) is 4.75. The summed E-state index contributed by atoms with van der Waals surface area (Å²) in [6, 6.07) is 13.9. The molecule has 3 rings (SSSR count). The van der Waals surface area contributed by atoms with Crippen molar-refractivity contribution in [2.45, 2.75) is 13.8 Å². The van der Waals surface area contributed by atoms with E-state index in [1.807, 2.05) is 6.07 Å². The fourth-order valence-corrected chi connectivity index (χ4v) is 4.30. The zero-order valence-corrected chi connectivity index (χ0v) is 19.5. The van der Waals surface area contributed by atoms with Crippen molar-refractivity contribution in [3.63, 3.8) is 0 Å². The number of carbonyl (C=O) groups is 3. The molecule has 0 aliphatic heterocycles. The molecular weight excluding hydrogens is 444 g/mol. The van der Waals surface area contributed by atoms with Crippen LogP contribution in [-0.2, 0) is 4.74 Å². The number of esters is 1. The van der Waals surface area contributed by atoms with E-state index in [0.29, 0.717) is 22.7 Å². The van der Waals surface area contributed by atoms with Gasteiger partial charge in [0.05, 0.1) is 31.3 Å². The van der Waals surface area contributed by atoms with Crippen molar-refractivity contribution in [3.8, 4) is 11.5 Å². The number of methoxy groups -OCH3 is 2. The number of benzene rings is 2. The van der Waals surface area contributed by atoms with Crippen LogP contribution >= 0.6 is 11.3 Å². The molecule has 0 saturated carbocycles. The molecule has 0 radical (unpaired) electrons. The van der Waals surface area contributed by atoms with E-state index < -0.39 is 17.8 Å². The normalized spacial score (nSPS) is 10.3. The summed E-state index contributed by atoms with van der Waals surface area (Å²) in [6.07, 6.45) is 0. The first-order valence-corrected chi connectivity index (χ1v) is 10.9. The van der Waals surface area contributed by atoms with E-state index in [4.69, 9.17) is 14.2 Å². The number of ether oxygens (including phenoxy) is 3. The van der Waals surface area contributed by atoms with Crippen LogP contribution in [0.25, 0.3) is 0 Å². The lowest BCUT2D eigenvalue weighted by Crippen LogP contribution is -2.16. The Labute approximate surface area is 195 Å². The second-order valence-electron chi connectivity index (χ2n) is 6.79. The van der Waals surface area contributed by atoms with Gasteiger partial charge in [0.2, 0.25) is 0 Å². The number of anilines is 2. The van der Waals surface area contributed by atoms with Crippen molar-refractivity contribution in [3.05, 3.63) is 70.1 Å². The van der Waals surface area contributed by atoms with E-state index >= 15 is 0 Å². The molecule has 0 saturated heterocycles. The molecule has 9 heteroatoms. The van der Waals surface area contributed by atoms with E-state index in [2.05, 4.69) is 10.6 Å². The van der Waals surface area contributed by atoms with Crippen molar-refractivity contribution >= 4 is 39.8 Å². The summed E-state index contributed by atoms with van der Waals surface area (Å²) in [4.78, 5) is 39.1. The summed E-state index contributed by atoms with van der Waals surface area (Å²) >= 11 is 0.991. The largest absolute Gasteiger partial charge is 0.496 e. The smallest absolute Gasteiger partial charge is 0.341 e. The second kappa shape index (κ2) is 10.6. The van der Waals surface area contributed by atoms with Gasteiger partial charge in [-0.25, -0.2) is 4.79 Å². The highest BCUT2D eigenvalue weighted by atomic mass is 32.1. The number of thiophene rings is 1. The van der Waals surface area contributed by atoms with E-state index in [9.17, 15) is 14.4 Å². The van der Waals surface area contributed by atoms with Gasteiger partial charge in [0.25, 0.3) is 11.8 Å². The van der Waals surface area contributed by atoms with Gasteiger partial charge in [-0.1, -0.05) is 24.3 Å². The second-order valence-corrected chi connectivity index (χ2v) is 7.81. The lowest BCUT2D eigenvalue weighted by atomic mass is 10.1. The van der Waals surface area contributed by atoms with Crippen LogP contribution in [0.2, 0.25) is 0 Å². The molecule has 0 fully saturated rings. The molecular formula is C24H24N2O6S. The number of hydrogen-bond acceptors (Lipinski definition) is 7. The number of hydrogen-bond donors (Lipinski definition) is 2. The minimum Gasteiger partial charge on any atom is -0.496 e. The summed E-state index contributed by atoms with van der Waals surface area (Å²) in [5, 5.41) is 5.73. The van der Waals surface area contributed by atoms with Gasteiger partial charge >= 0.3 is 5.97 Å². The maximum atomic E-state index is 13.2. The van der Waals surface area contributed by atoms with Crippen LogP contribution in [0.15, 0.2) is 48.5 Å². The first-order valence-electron chi connectivity index (χ1n) is 10.1. The molecule has 0 unspecified atom stereocenters. The molecule has 0 bridgehead atoms. The third-order valence-corrected chi connectivity index (χ3v) is 5.95. The van der Waals surface area contributed by atoms with Crippen molar-refractivity contribution < 1.29 is 28.6 Å². The highest BCUT2D eigenvalue weighted by molar-refractivity contribution is 7.19. The Morgan fingerprint density at radius 1 is 0.848 bits per heavy atom. The van der Waals surface area contributed by atoms with Gasteiger partial charge in [0.15, 0.2) is 0 Å². The predicted molar refractivity (Wildman–Crippen MR) is 127 cm³/mol. The Hall–Kier alpha value is -3.85. The van der Waals surface area contributed by atoms with Crippen LogP contribution in [0.4, 0.5) is 10.7 Å². The van der Waals surface area contributed by atoms with Crippen LogP contribution in [0.5, 0.6) is 11.5 Å². The van der Waals surface area contributed by atoms with Gasteiger partial charge in [-0.2, -0.15) is 0 Å². The zero-order valence-electron chi connectivity index (χ0n) is 18.7. The molecule has 3 aromatic rings. The molecule has 0 spiro atoms. The zero-order chi connectivity index (χ0) is 24.0. The van der Waals surface area contributed by atoms with Gasteiger partial charge in [0, 0.05) is 5.69 Å². The van der Waals surface area contributed by atoms with E-state index in [0.717, 1.165) is 11.3 Å². The standard InChI is InChI=1S/C24H24N2O6S/c1-5-32-24(29)18-14(2)20(22(28)25-15-10-7-6-8-11-15)33-23(18)26-21(27)19-16(30-3)12-9-13-17(19)31-4/h6-13H,5H2,1-4H3,(H,25,28)(H,26,27). The van der Waals surface area contributed by atoms with Crippen LogP contribution in [0.3, 0.4) is 0 Å². The van der Waals surface area contributed by atoms with Crippen LogP contribution in [0.1, 0.15) is 42.9 Å². The molecule has 2 amide bonds. The first-order chi connectivity index (χ1) is 15.9. The molecule has 0 atom stereocenters. The van der Waals surface area contributed by atoms with E-state index in [-0.39, 0.29) is 27.6 Å². The lowest BCUT2D eigenvalue weighted by molar-refractivity contribution is 0.0527. The maximum Gasteiger partial charge on any atom is 0.341 e. The number of nitrogens with one attached hydrogen (secondary N) is 2. The highest BCUT2D eigenvalue weighted by Crippen LogP contribution is 2.36. The highest BCUT2D eigenvalue weighted by Gasteiger charge is 2.28. The van der Waals surface area contributed by atoms with Crippen molar-refractivity contribution in [2.24, 2.45) is 0 Å². The quantitative estimate of drug-likeness (QED) is 0.462. The fourth-order valence-electron chi connectivity index (χ4n) is 3.22. The van der Waals surface area contributed by atoms with Gasteiger partial charge in [-0.15, -0.1) is 11.3 Å². The minimum absolute atomic E-state index is 0.127. The van der Waals surface area contributed by atoms with Gasteiger partial charge in [-0.3, -0.25) is 9.59 Å². The molecule has 0 aliphatic carbocycles. The average Bonchev–Trinajstić information content (AvgIpc) is 3.14. The van der Waals surface area contributed by atoms with Crippen molar-refractivity contribution in [1.82, 2.24) is 0 Å². The average molecular weight is 469 g/mol. The summed E-state index contributed by atoms with van der Waals surface area (Å²) < 4.78 is 15.8. The molecule has 33 heavy (non-hydrogen) atoms. The summed E-state index contributed by atoms with van der Waals surface area (Å²) in [5.74, 6) is -0.970. The Bertz CT molecular complexity index is 1150. The van der Waals surface area contributed by atoms with E-state index in [1.165, 1.54) is 14.2 Å². The number of amides is 2. The van der Waals surface area contributed by atoms with Gasteiger partial charge in [0.1, 0.15) is 22.1 Å². The van der Waals surface area contributed by atoms with Crippen LogP contribution < -0.4 is 20.1 Å². The number of rotatable bonds is 8. The summed E-state index contributed by atoms with van der Waals surface area (Å²) in [6.45, 7) is 3.47. The van der Waals surface area contributed by atoms with Gasteiger partial charge in [-0.05, 0) is 43.7 Å². The number of para-hydroxylation sites is 1. The fraction of sp³-hybridized carbons (Fsp3) is 0.208. The number of carbonyl (C=O) groups excluding carboxylic acids is 3. The lowest BCUT2D eigenvalue weighted by Gasteiger charge is -2.13. The van der Waals surface area contributed by atoms with Crippen molar-refractivity contribution in [2.75, 3.05) is 31.5 Å². The van der Waals surface area contributed by atoms with Crippen LogP contribution in [0, 0.1) is 6.92 Å². The summed E-state index contributed by atoms with van der Waals surface area (Å²) in [7, 11) is 2.88. The molecule has 2 aromatic carbocycles. The summed E-state index contributed by atoms with van der Waals surface area (Å²) in [5.41, 5.74) is 1.31. The Morgan fingerprint density at radius 3 is 2.06 bits per heavy atom. The molecule has 8 nitrogen and oxygen atoms in total. The Balaban J connectivity index is 2.01. The van der Waals surface area contributed by atoms with E-state index in [1.54, 1.807) is 56.3 Å². The predicted octanol–water partition coefficient (Wildman–Crippen LogP) is 4.76. The van der Waals surface area contributed by atoms with Crippen LogP contribution in [-0.4, -0.2) is 38.6 Å². The van der Waals surface area contributed by atoms with Crippen molar-refractivity contribution in [1.29, 1.82) is 0 Å². The molecule has 1 heterocycles. The first kappa shape index (κ1) is 23.8. The third kappa shape index (κ3) is 5.15. The molecule has 0 aliphatic rings. The molecule has 172 valence electrons. The Kier molecular flexibility index (Phi) is 7.68.